The van der Waals surface area contributed by atoms with Gasteiger partial charge in [0.05, 0.1) is 5.39 Å². The summed E-state index contributed by atoms with van der Waals surface area (Å²) >= 11 is 0. The molecule has 1 aromatic heterocycles. The fraction of sp³-hybridized carbons (Fsp3) is 0.0500. The normalized spacial score (nSPS) is 11.1. The number of phenols is 1. The van der Waals surface area contributed by atoms with E-state index in [0.717, 1.165) is 10.9 Å². The van der Waals surface area contributed by atoms with E-state index in [4.69, 9.17) is 4.42 Å². The minimum Gasteiger partial charge on any atom is -0.508 e. The molecule has 4 aromatic rings. The monoisotopic (exact) mass is 302 g/mol. The summed E-state index contributed by atoms with van der Waals surface area (Å²) in [5, 5.41) is 12.4. The van der Waals surface area contributed by atoms with Crippen LogP contribution in [0.15, 0.2) is 75.9 Å². The standard InChI is InChI=1S/C20H14O3/c21-16-7-8-18-19(22)12-17(23-20(18)11-16)10-13-5-6-14-3-1-2-4-15(14)9-13/h1-9,11-12,21H,10H2. The molecule has 0 aliphatic carbocycles. The lowest BCUT2D eigenvalue weighted by Crippen LogP contribution is -2.02. The molecule has 0 saturated heterocycles. The summed E-state index contributed by atoms with van der Waals surface area (Å²) in [6, 6.07) is 20.4. The highest BCUT2D eigenvalue weighted by Crippen LogP contribution is 2.21. The van der Waals surface area contributed by atoms with Crippen LogP contribution < -0.4 is 5.43 Å². The molecule has 0 radical (unpaired) electrons. The van der Waals surface area contributed by atoms with Crippen molar-refractivity contribution in [3.05, 3.63) is 88.3 Å². The first-order chi connectivity index (χ1) is 11.2. The van der Waals surface area contributed by atoms with Crippen molar-refractivity contribution in [3.63, 3.8) is 0 Å². The third kappa shape index (κ3) is 2.57. The minimum atomic E-state index is -0.0953. The topological polar surface area (TPSA) is 50.4 Å². The molecular formula is C20H14O3. The highest BCUT2D eigenvalue weighted by atomic mass is 16.3. The Morgan fingerprint density at radius 3 is 2.57 bits per heavy atom. The van der Waals surface area contributed by atoms with Gasteiger partial charge in [0.1, 0.15) is 17.1 Å². The van der Waals surface area contributed by atoms with Gasteiger partial charge in [-0.1, -0.05) is 42.5 Å². The maximum atomic E-state index is 12.2. The Balaban J connectivity index is 1.77. The lowest BCUT2D eigenvalue weighted by molar-refractivity contribution is 0.473. The molecule has 0 fully saturated rings. The van der Waals surface area contributed by atoms with E-state index in [0.29, 0.717) is 23.2 Å². The second-order valence-electron chi connectivity index (χ2n) is 5.62. The number of hydrogen-bond acceptors (Lipinski definition) is 3. The summed E-state index contributed by atoms with van der Waals surface area (Å²) in [5.74, 6) is 0.673. The molecular weight excluding hydrogens is 288 g/mol. The van der Waals surface area contributed by atoms with Crippen LogP contribution in [0.3, 0.4) is 0 Å². The minimum absolute atomic E-state index is 0.0866. The first-order valence-corrected chi connectivity index (χ1v) is 7.42. The molecule has 23 heavy (non-hydrogen) atoms. The molecule has 3 aromatic carbocycles. The molecule has 3 nitrogen and oxygen atoms in total. The molecule has 1 N–H and O–H groups in total. The summed E-state index contributed by atoms with van der Waals surface area (Å²) in [6.07, 6.45) is 0.533. The number of benzene rings is 3. The Hall–Kier alpha value is -3.07. The van der Waals surface area contributed by atoms with Gasteiger partial charge >= 0.3 is 0 Å². The van der Waals surface area contributed by atoms with Gasteiger partial charge in [0.25, 0.3) is 0 Å². The zero-order valence-electron chi connectivity index (χ0n) is 12.3. The van der Waals surface area contributed by atoms with E-state index in [1.807, 2.05) is 18.2 Å². The lowest BCUT2D eigenvalue weighted by Gasteiger charge is -2.05. The molecule has 0 saturated carbocycles. The van der Waals surface area contributed by atoms with E-state index in [1.165, 1.54) is 23.6 Å². The molecule has 0 aliphatic heterocycles. The largest absolute Gasteiger partial charge is 0.508 e. The lowest BCUT2D eigenvalue weighted by atomic mass is 10.0. The van der Waals surface area contributed by atoms with E-state index in [-0.39, 0.29) is 11.2 Å². The Kier molecular flexibility index (Phi) is 3.12. The first kappa shape index (κ1) is 13.6. The molecule has 4 rings (SSSR count). The maximum absolute atomic E-state index is 12.2. The second kappa shape index (κ2) is 5.29. The van der Waals surface area contributed by atoms with Crippen LogP contribution in [0.1, 0.15) is 11.3 Å². The SMILES string of the molecule is O=c1cc(Cc2ccc3ccccc3c2)oc2cc(O)ccc12. The number of rotatable bonds is 2. The number of aromatic hydroxyl groups is 1. The van der Waals surface area contributed by atoms with Crippen molar-refractivity contribution in [2.24, 2.45) is 0 Å². The van der Waals surface area contributed by atoms with Gasteiger partial charge in [-0.15, -0.1) is 0 Å². The molecule has 0 aliphatic rings. The van der Waals surface area contributed by atoms with Gasteiger partial charge in [0.15, 0.2) is 5.43 Å². The van der Waals surface area contributed by atoms with Crippen LogP contribution in [0.4, 0.5) is 0 Å². The van der Waals surface area contributed by atoms with Crippen molar-refractivity contribution in [3.8, 4) is 5.75 Å². The molecule has 3 heteroatoms. The predicted molar refractivity (Wildman–Crippen MR) is 90.9 cm³/mol. The predicted octanol–water partition coefficient (Wildman–Crippen LogP) is 4.24. The molecule has 0 spiro atoms. The second-order valence-corrected chi connectivity index (χ2v) is 5.62. The smallest absolute Gasteiger partial charge is 0.192 e. The van der Waals surface area contributed by atoms with Gasteiger partial charge < -0.3 is 9.52 Å². The van der Waals surface area contributed by atoms with E-state index in [9.17, 15) is 9.90 Å². The van der Waals surface area contributed by atoms with Gasteiger partial charge in [-0.3, -0.25) is 4.79 Å². The molecule has 0 unspecified atom stereocenters. The molecule has 0 bridgehead atoms. The van der Waals surface area contributed by atoms with Crippen LogP contribution in [0.5, 0.6) is 5.75 Å². The highest BCUT2D eigenvalue weighted by molar-refractivity contribution is 5.83. The Morgan fingerprint density at radius 1 is 0.870 bits per heavy atom. The first-order valence-electron chi connectivity index (χ1n) is 7.42. The zero-order valence-corrected chi connectivity index (χ0v) is 12.3. The fourth-order valence-electron chi connectivity index (χ4n) is 2.83. The third-order valence-corrected chi connectivity index (χ3v) is 3.96. The van der Waals surface area contributed by atoms with Crippen molar-refractivity contribution in [2.75, 3.05) is 0 Å². The summed E-state index contributed by atoms with van der Waals surface area (Å²) in [6.45, 7) is 0. The van der Waals surface area contributed by atoms with Crippen molar-refractivity contribution < 1.29 is 9.52 Å². The number of hydrogen-bond donors (Lipinski definition) is 1. The zero-order chi connectivity index (χ0) is 15.8. The highest BCUT2D eigenvalue weighted by Gasteiger charge is 2.07. The summed E-state index contributed by atoms with van der Waals surface area (Å²) in [4.78, 5) is 12.2. The number of phenolic OH excluding ortho intramolecular Hbond substituents is 1. The van der Waals surface area contributed by atoms with Crippen molar-refractivity contribution in [2.45, 2.75) is 6.42 Å². The summed E-state index contributed by atoms with van der Waals surface area (Å²) in [5.41, 5.74) is 1.39. The van der Waals surface area contributed by atoms with Gasteiger partial charge in [-0.05, 0) is 28.5 Å². The molecule has 0 amide bonds. The average Bonchev–Trinajstić information content (AvgIpc) is 2.54. The van der Waals surface area contributed by atoms with Crippen molar-refractivity contribution >= 4 is 21.7 Å². The summed E-state index contributed by atoms with van der Waals surface area (Å²) < 4.78 is 5.78. The van der Waals surface area contributed by atoms with Gasteiger partial charge in [-0.2, -0.15) is 0 Å². The van der Waals surface area contributed by atoms with Crippen LogP contribution in [-0.4, -0.2) is 5.11 Å². The van der Waals surface area contributed by atoms with Crippen LogP contribution in [0.25, 0.3) is 21.7 Å². The van der Waals surface area contributed by atoms with Gasteiger partial charge in [0, 0.05) is 18.6 Å². The van der Waals surface area contributed by atoms with Crippen LogP contribution >= 0.6 is 0 Å². The Morgan fingerprint density at radius 2 is 1.70 bits per heavy atom. The Bertz CT molecular complexity index is 1080. The van der Waals surface area contributed by atoms with Crippen LogP contribution in [0.2, 0.25) is 0 Å². The quantitative estimate of drug-likeness (QED) is 0.602. The van der Waals surface area contributed by atoms with E-state index >= 15 is 0 Å². The average molecular weight is 302 g/mol. The fourth-order valence-corrected chi connectivity index (χ4v) is 2.83. The number of fused-ring (bicyclic) bond motifs is 2. The van der Waals surface area contributed by atoms with E-state index in [2.05, 4.69) is 24.3 Å². The summed E-state index contributed by atoms with van der Waals surface area (Å²) in [7, 11) is 0. The molecule has 1 heterocycles. The maximum Gasteiger partial charge on any atom is 0.192 e. The van der Waals surface area contributed by atoms with Gasteiger partial charge in [-0.25, -0.2) is 0 Å². The molecule has 112 valence electrons. The van der Waals surface area contributed by atoms with E-state index < -0.39 is 0 Å². The van der Waals surface area contributed by atoms with Crippen LogP contribution in [-0.2, 0) is 6.42 Å². The van der Waals surface area contributed by atoms with Gasteiger partial charge in [0.2, 0.25) is 0 Å². The van der Waals surface area contributed by atoms with Crippen molar-refractivity contribution in [1.29, 1.82) is 0 Å². The van der Waals surface area contributed by atoms with Crippen molar-refractivity contribution in [1.82, 2.24) is 0 Å². The third-order valence-electron chi connectivity index (χ3n) is 3.96. The van der Waals surface area contributed by atoms with Crippen LogP contribution in [0, 0.1) is 0 Å². The molecule has 0 atom stereocenters. The van der Waals surface area contributed by atoms with E-state index in [1.54, 1.807) is 6.07 Å². The Labute approximate surface area is 132 Å².